The van der Waals surface area contributed by atoms with Crippen LogP contribution in [0.1, 0.15) is 29.6 Å². The van der Waals surface area contributed by atoms with E-state index in [1.54, 1.807) is 0 Å². The van der Waals surface area contributed by atoms with Crippen LogP contribution in [0, 0.1) is 17.8 Å². The summed E-state index contributed by atoms with van der Waals surface area (Å²) >= 11 is 0. The normalized spacial score (nSPS) is 31.0. The second-order valence-electron chi connectivity index (χ2n) is 6.69. The molecule has 1 saturated heterocycles. The fraction of sp³-hybridized carbons (Fsp3) is 0.588. The topological polar surface area (TPSA) is 38.8 Å². The number of hydrogen-bond donors (Lipinski definition) is 0. The Hall–Kier alpha value is -1.85. The van der Waals surface area contributed by atoms with Gasteiger partial charge >= 0.3 is 6.61 Å². The third-order valence-corrected chi connectivity index (χ3v) is 5.70. The Morgan fingerprint density at radius 1 is 1.26 bits per heavy atom. The average molecular weight is 323 g/mol. The number of hydrogen-bond acceptors (Lipinski definition) is 3. The number of carbonyl (C=O) groups excluding carboxylic acids is 1. The largest absolute Gasteiger partial charge is 0.493 e. The molecule has 2 bridgehead atoms. The maximum absolute atomic E-state index is 12.7. The van der Waals surface area contributed by atoms with Gasteiger partial charge in [-0.3, -0.25) is 4.79 Å². The van der Waals surface area contributed by atoms with Gasteiger partial charge in [0.1, 0.15) is 0 Å². The highest BCUT2D eigenvalue weighted by Gasteiger charge is 2.57. The second-order valence-corrected chi connectivity index (χ2v) is 6.69. The monoisotopic (exact) mass is 323 g/mol. The number of rotatable bonds is 4. The molecule has 6 heteroatoms. The smallest absolute Gasteiger partial charge is 0.387 e. The van der Waals surface area contributed by atoms with E-state index in [-0.39, 0.29) is 17.4 Å². The molecule has 4 nitrogen and oxygen atoms in total. The van der Waals surface area contributed by atoms with Crippen LogP contribution in [0.3, 0.4) is 0 Å². The van der Waals surface area contributed by atoms with Crippen LogP contribution in [0.2, 0.25) is 0 Å². The van der Waals surface area contributed by atoms with Crippen LogP contribution >= 0.6 is 0 Å². The van der Waals surface area contributed by atoms with Gasteiger partial charge in [-0.1, -0.05) is 0 Å². The molecule has 2 saturated carbocycles. The fourth-order valence-electron chi connectivity index (χ4n) is 4.71. The average Bonchev–Trinajstić information content (AvgIpc) is 3.03. The lowest BCUT2D eigenvalue weighted by Gasteiger charge is -2.50. The quantitative estimate of drug-likeness (QED) is 0.854. The molecule has 1 amide bonds. The van der Waals surface area contributed by atoms with Crippen LogP contribution in [0.25, 0.3) is 0 Å². The van der Waals surface area contributed by atoms with Gasteiger partial charge in [0.15, 0.2) is 11.5 Å². The van der Waals surface area contributed by atoms with Gasteiger partial charge in [0.05, 0.1) is 7.11 Å². The van der Waals surface area contributed by atoms with Crippen LogP contribution in [0.15, 0.2) is 18.2 Å². The van der Waals surface area contributed by atoms with Crippen molar-refractivity contribution >= 4 is 5.91 Å². The van der Waals surface area contributed by atoms with Gasteiger partial charge in [0.2, 0.25) is 0 Å². The molecule has 0 spiro atoms. The van der Waals surface area contributed by atoms with Crippen molar-refractivity contribution in [2.24, 2.45) is 17.8 Å². The van der Waals surface area contributed by atoms with Crippen molar-refractivity contribution in [1.82, 2.24) is 4.90 Å². The molecule has 2 aliphatic carbocycles. The minimum absolute atomic E-state index is 0.0410. The Kier molecular flexibility index (Phi) is 3.43. The molecule has 3 fully saturated rings. The summed E-state index contributed by atoms with van der Waals surface area (Å²) in [6, 6.07) is 4.77. The summed E-state index contributed by atoms with van der Waals surface area (Å²) in [5.41, 5.74) is 0.463. The van der Waals surface area contributed by atoms with Crippen LogP contribution in [-0.4, -0.2) is 37.1 Å². The van der Waals surface area contributed by atoms with E-state index < -0.39 is 6.61 Å². The highest BCUT2D eigenvalue weighted by atomic mass is 19.3. The molecule has 4 rings (SSSR count). The second kappa shape index (κ2) is 5.35. The number of benzene rings is 1. The number of halogens is 2. The first-order valence-corrected chi connectivity index (χ1v) is 8.02. The number of methoxy groups -OCH3 is 1. The van der Waals surface area contributed by atoms with E-state index in [1.165, 1.54) is 44.6 Å². The SMILES string of the molecule is COc1cc(C(=O)N2CC3C4CCC(C4)C32)ccc1OC(F)F. The van der Waals surface area contributed by atoms with Crippen molar-refractivity contribution in [3.63, 3.8) is 0 Å². The maximum atomic E-state index is 12.7. The molecular weight excluding hydrogens is 304 g/mol. The Bertz CT molecular complexity index is 634. The van der Waals surface area contributed by atoms with Crippen LogP contribution < -0.4 is 9.47 Å². The predicted octanol–water partition coefficient (Wildman–Crippen LogP) is 3.17. The summed E-state index contributed by atoms with van der Waals surface area (Å²) in [5, 5.41) is 0. The number of amides is 1. The van der Waals surface area contributed by atoms with Crippen molar-refractivity contribution in [3.8, 4) is 11.5 Å². The molecule has 1 aliphatic heterocycles. The summed E-state index contributed by atoms with van der Waals surface area (Å²) in [6.07, 6.45) is 3.78. The molecule has 23 heavy (non-hydrogen) atoms. The Morgan fingerprint density at radius 3 is 2.74 bits per heavy atom. The minimum atomic E-state index is -2.92. The van der Waals surface area contributed by atoms with Gasteiger partial charge in [0, 0.05) is 24.1 Å². The summed E-state index contributed by atoms with van der Waals surface area (Å²) in [4.78, 5) is 14.7. The van der Waals surface area contributed by atoms with Crippen molar-refractivity contribution in [3.05, 3.63) is 23.8 Å². The fourth-order valence-corrected chi connectivity index (χ4v) is 4.71. The minimum Gasteiger partial charge on any atom is -0.493 e. The van der Waals surface area contributed by atoms with E-state index >= 15 is 0 Å². The Morgan fingerprint density at radius 2 is 2.04 bits per heavy atom. The highest BCUT2D eigenvalue weighted by molar-refractivity contribution is 5.95. The molecule has 4 atom stereocenters. The van der Waals surface area contributed by atoms with Gasteiger partial charge in [-0.05, 0) is 49.3 Å². The van der Waals surface area contributed by atoms with Gasteiger partial charge in [-0.15, -0.1) is 0 Å². The summed E-state index contributed by atoms with van der Waals surface area (Å²) in [6.45, 7) is -2.10. The molecule has 3 aliphatic rings. The molecule has 4 unspecified atom stereocenters. The van der Waals surface area contributed by atoms with E-state index in [0.29, 0.717) is 23.4 Å². The van der Waals surface area contributed by atoms with E-state index in [2.05, 4.69) is 4.74 Å². The van der Waals surface area contributed by atoms with Crippen molar-refractivity contribution in [2.75, 3.05) is 13.7 Å². The predicted molar refractivity (Wildman–Crippen MR) is 78.8 cm³/mol. The number of carbonyl (C=O) groups is 1. The lowest BCUT2D eigenvalue weighted by Crippen LogP contribution is -2.60. The molecule has 1 heterocycles. The zero-order valence-electron chi connectivity index (χ0n) is 12.9. The third-order valence-electron chi connectivity index (χ3n) is 5.70. The number of likely N-dealkylation sites (tertiary alicyclic amines) is 1. The lowest BCUT2D eigenvalue weighted by molar-refractivity contribution is -0.0512. The summed E-state index contributed by atoms with van der Waals surface area (Å²) in [7, 11) is 1.37. The van der Waals surface area contributed by atoms with Gasteiger partial charge < -0.3 is 14.4 Å². The molecule has 0 aromatic heterocycles. The molecular formula is C17H19F2NO3. The number of fused-ring (bicyclic) bond motifs is 5. The Labute approximate surface area is 133 Å². The summed E-state index contributed by atoms with van der Waals surface area (Å²) in [5.74, 6) is 2.17. The van der Waals surface area contributed by atoms with E-state index in [1.807, 2.05) is 4.90 Å². The van der Waals surface area contributed by atoms with E-state index in [9.17, 15) is 13.6 Å². The molecule has 124 valence electrons. The van der Waals surface area contributed by atoms with E-state index in [0.717, 1.165) is 12.5 Å². The standard InChI is InChI=1S/C17H19F2NO3/c1-22-14-7-11(4-5-13(14)23-17(18)19)16(21)20-8-12-9-2-3-10(6-9)15(12)20/h4-5,7,9-10,12,15,17H,2-3,6,8H2,1H3. The zero-order chi connectivity index (χ0) is 16.1. The van der Waals surface area contributed by atoms with Crippen LogP contribution in [-0.2, 0) is 0 Å². The zero-order valence-corrected chi connectivity index (χ0v) is 12.9. The lowest BCUT2D eigenvalue weighted by atomic mass is 9.76. The summed E-state index contributed by atoms with van der Waals surface area (Å²) < 4.78 is 34.2. The van der Waals surface area contributed by atoms with Crippen molar-refractivity contribution < 1.29 is 23.0 Å². The number of ether oxygens (including phenoxy) is 2. The maximum Gasteiger partial charge on any atom is 0.387 e. The van der Waals surface area contributed by atoms with Crippen molar-refractivity contribution in [1.29, 1.82) is 0 Å². The first-order chi connectivity index (χ1) is 11.1. The number of nitrogens with zero attached hydrogens (tertiary/aromatic N) is 1. The highest BCUT2D eigenvalue weighted by Crippen LogP contribution is 2.55. The van der Waals surface area contributed by atoms with Gasteiger partial charge in [-0.25, -0.2) is 0 Å². The van der Waals surface area contributed by atoms with E-state index in [4.69, 9.17) is 4.74 Å². The van der Waals surface area contributed by atoms with Crippen LogP contribution in [0.5, 0.6) is 11.5 Å². The Balaban J connectivity index is 1.53. The third kappa shape index (κ3) is 2.26. The molecule has 1 aromatic carbocycles. The molecule has 1 aromatic rings. The first-order valence-electron chi connectivity index (χ1n) is 8.02. The first kappa shape index (κ1) is 14.7. The molecule has 0 N–H and O–H groups in total. The van der Waals surface area contributed by atoms with Crippen LogP contribution in [0.4, 0.5) is 8.78 Å². The van der Waals surface area contributed by atoms with Gasteiger partial charge in [-0.2, -0.15) is 8.78 Å². The van der Waals surface area contributed by atoms with Crippen molar-refractivity contribution in [2.45, 2.75) is 31.9 Å². The van der Waals surface area contributed by atoms with Gasteiger partial charge in [0.25, 0.3) is 5.91 Å². The molecule has 0 radical (unpaired) electrons. The number of alkyl halides is 2.